The lowest BCUT2D eigenvalue weighted by Gasteiger charge is -2.23. The molecule has 3 heterocycles. The van der Waals surface area contributed by atoms with Gasteiger partial charge in [-0.15, -0.1) is 0 Å². The molecule has 1 aromatic heterocycles. The van der Waals surface area contributed by atoms with E-state index in [-0.39, 0.29) is 16.8 Å². The van der Waals surface area contributed by atoms with Crippen LogP contribution in [0.25, 0.3) is 11.0 Å². The van der Waals surface area contributed by atoms with Gasteiger partial charge in [0.05, 0.1) is 15.9 Å². The third-order valence-electron chi connectivity index (χ3n) is 5.81. The van der Waals surface area contributed by atoms with Gasteiger partial charge < -0.3 is 14.6 Å². The second-order valence-corrected chi connectivity index (χ2v) is 9.74. The van der Waals surface area contributed by atoms with Gasteiger partial charge in [0, 0.05) is 52.2 Å². The quantitative estimate of drug-likeness (QED) is 0.766. The van der Waals surface area contributed by atoms with E-state index in [1.165, 1.54) is 0 Å². The minimum atomic E-state index is -3.47. The number of hydrogen-bond donors (Lipinski definition) is 1. The first-order chi connectivity index (χ1) is 13.9. The fraction of sp³-hybridized carbons (Fsp3) is 0.600. The highest BCUT2D eigenvalue weighted by Crippen LogP contribution is 2.25. The lowest BCUT2D eigenvalue weighted by Crippen LogP contribution is -2.39. The van der Waals surface area contributed by atoms with Crippen LogP contribution in [0.1, 0.15) is 37.9 Å². The van der Waals surface area contributed by atoms with E-state index in [1.54, 1.807) is 22.5 Å². The Bertz CT molecular complexity index is 989. The second kappa shape index (κ2) is 8.41. The van der Waals surface area contributed by atoms with Gasteiger partial charge in [-0.1, -0.05) is 0 Å². The van der Waals surface area contributed by atoms with E-state index in [9.17, 15) is 13.2 Å². The Hall–Kier alpha value is -1.97. The molecule has 2 saturated heterocycles. The van der Waals surface area contributed by atoms with Crippen molar-refractivity contribution in [2.75, 3.05) is 26.3 Å². The maximum atomic E-state index is 12.8. The minimum absolute atomic E-state index is 0.0151. The predicted octanol–water partition coefficient (Wildman–Crippen LogP) is 1.59. The van der Waals surface area contributed by atoms with E-state index >= 15 is 0 Å². The summed E-state index contributed by atoms with van der Waals surface area (Å²) in [6.45, 7) is 2.54. The molecule has 0 radical (unpaired) electrons. The number of carbonyl (C=O) groups excluding carboxylic acids is 1. The molecule has 2 fully saturated rings. The summed E-state index contributed by atoms with van der Waals surface area (Å²) in [6, 6.07) is 5.29. The monoisotopic (exact) mass is 420 g/mol. The van der Waals surface area contributed by atoms with Crippen LogP contribution in [0.3, 0.4) is 0 Å². The van der Waals surface area contributed by atoms with Crippen LogP contribution in [-0.4, -0.2) is 60.5 Å². The molecule has 0 unspecified atom stereocenters. The van der Waals surface area contributed by atoms with Gasteiger partial charge in [-0.05, 0) is 43.9 Å². The number of rotatable bonds is 6. The van der Waals surface area contributed by atoms with Gasteiger partial charge in [0.15, 0.2) is 0 Å². The van der Waals surface area contributed by atoms with Crippen LogP contribution >= 0.6 is 0 Å². The second-order valence-electron chi connectivity index (χ2n) is 7.80. The molecule has 9 heteroatoms. The molecule has 0 bridgehead atoms. The van der Waals surface area contributed by atoms with E-state index in [2.05, 4.69) is 10.3 Å². The van der Waals surface area contributed by atoms with Crippen molar-refractivity contribution in [1.82, 2.24) is 19.2 Å². The number of ether oxygens (including phenoxy) is 1. The highest BCUT2D eigenvalue weighted by Gasteiger charge is 2.27. The van der Waals surface area contributed by atoms with Crippen molar-refractivity contribution in [2.45, 2.75) is 49.5 Å². The number of hydrogen-bond acceptors (Lipinski definition) is 5. The average molecular weight is 421 g/mol. The topological polar surface area (TPSA) is 93.5 Å². The summed E-state index contributed by atoms with van der Waals surface area (Å²) in [5.41, 5.74) is 1.51. The van der Waals surface area contributed by atoms with Gasteiger partial charge >= 0.3 is 0 Å². The summed E-state index contributed by atoms with van der Waals surface area (Å²) < 4.78 is 34.4. The third kappa shape index (κ3) is 4.31. The lowest BCUT2D eigenvalue weighted by atomic mass is 10.1. The first-order valence-electron chi connectivity index (χ1n) is 10.3. The van der Waals surface area contributed by atoms with Crippen molar-refractivity contribution in [3.05, 3.63) is 24.0 Å². The number of carbonyl (C=O) groups is 1. The average Bonchev–Trinajstić information content (AvgIpc) is 3.36. The molecule has 0 spiro atoms. The van der Waals surface area contributed by atoms with Crippen molar-refractivity contribution in [3.63, 3.8) is 0 Å². The van der Waals surface area contributed by atoms with Crippen LogP contribution in [0.2, 0.25) is 0 Å². The molecule has 1 aromatic carbocycles. The fourth-order valence-corrected chi connectivity index (χ4v) is 5.60. The highest BCUT2D eigenvalue weighted by molar-refractivity contribution is 7.89. The Morgan fingerprint density at radius 1 is 1.24 bits per heavy atom. The largest absolute Gasteiger partial charge is 0.381 e. The van der Waals surface area contributed by atoms with Crippen LogP contribution in [-0.2, 0) is 33.0 Å². The van der Waals surface area contributed by atoms with Gasteiger partial charge in [-0.25, -0.2) is 13.4 Å². The lowest BCUT2D eigenvalue weighted by molar-refractivity contribution is -0.122. The van der Waals surface area contributed by atoms with Gasteiger partial charge in [0.2, 0.25) is 15.9 Å². The smallest absolute Gasteiger partial charge is 0.243 e. The maximum Gasteiger partial charge on any atom is 0.243 e. The first-order valence-corrected chi connectivity index (χ1v) is 11.7. The Morgan fingerprint density at radius 2 is 1.97 bits per heavy atom. The highest BCUT2D eigenvalue weighted by atomic mass is 32.2. The third-order valence-corrected chi connectivity index (χ3v) is 7.70. The van der Waals surface area contributed by atoms with Crippen molar-refractivity contribution in [2.24, 2.45) is 7.05 Å². The molecular weight excluding hydrogens is 392 g/mol. The van der Waals surface area contributed by atoms with Crippen LogP contribution < -0.4 is 5.32 Å². The molecule has 2 aliphatic heterocycles. The van der Waals surface area contributed by atoms with E-state index in [1.807, 2.05) is 11.6 Å². The zero-order chi connectivity index (χ0) is 20.4. The van der Waals surface area contributed by atoms with Gasteiger partial charge in [0.1, 0.15) is 5.82 Å². The van der Waals surface area contributed by atoms with Crippen molar-refractivity contribution >= 4 is 27.0 Å². The molecule has 2 aromatic rings. The van der Waals surface area contributed by atoms with Crippen LogP contribution in [0.4, 0.5) is 0 Å². The summed E-state index contributed by atoms with van der Waals surface area (Å²) in [5.74, 6) is 0.791. The van der Waals surface area contributed by atoms with Crippen LogP contribution in [0.15, 0.2) is 23.1 Å². The molecule has 1 amide bonds. The van der Waals surface area contributed by atoms with Crippen molar-refractivity contribution < 1.29 is 17.9 Å². The van der Waals surface area contributed by atoms with Crippen molar-refractivity contribution in [1.29, 1.82) is 0 Å². The van der Waals surface area contributed by atoms with Gasteiger partial charge in [-0.2, -0.15) is 4.31 Å². The molecule has 4 rings (SSSR count). The van der Waals surface area contributed by atoms with E-state index in [0.29, 0.717) is 44.7 Å². The summed E-state index contributed by atoms with van der Waals surface area (Å²) in [4.78, 5) is 17.2. The number of sulfonamides is 1. The summed E-state index contributed by atoms with van der Waals surface area (Å²) in [6.07, 6.45) is 4.39. The van der Waals surface area contributed by atoms with E-state index in [0.717, 1.165) is 37.0 Å². The SMILES string of the molecule is Cn1c(CCC(=O)NC2CCOCC2)nc2cc(S(=O)(=O)N3CCCC3)ccc21. The van der Waals surface area contributed by atoms with Crippen molar-refractivity contribution in [3.8, 4) is 0 Å². The number of fused-ring (bicyclic) bond motifs is 1. The number of amides is 1. The zero-order valence-electron chi connectivity index (χ0n) is 16.8. The normalized spacial score (nSPS) is 19.1. The van der Waals surface area contributed by atoms with Gasteiger partial charge in [0.25, 0.3) is 0 Å². The number of nitrogens with zero attached hydrogens (tertiary/aromatic N) is 3. The zero-order valence-corrected chi connectivity index (χ0v) is 17.6. The van der Waals surface area contributed by atoms with Crippen LogP contribution in [0.5, 0.6) is 0 Å². The molecule has 1 N–H and O–H groups in total. The summed E-state index contributed by atoms with van der Waals surface area (Å²) in [7, 11) is -1.57. The number of aryl methyl sites for hydroxylation is 2. The molecule has 8 nitrogen and oxygen atoms in total. The Labute approximate surface area is 171 Å². The molecular formula is C20H28N4O4S. The summed E-state index contributed by atoms with van der Waals surface area (Å²) >= 11 is 0. The molecule has 0 atom stereocenters. The minimum Gasteiger partial charge on any atom is -0.381 e. The number of aromatic nitrogens is 2. The Balaban J connectivity index is 1.46. The fourth-order valence-electron chi connectivity index (χ4n) is 4.06. The van der Waals surface area contributed by atoms with E-state index < -0.39 is 10.0 Å². The number of imidazole rings is 1. The van der Waals surface area contributed by atoms with Gasteiger partial charge in [-0.3, -0.25) is 4.79 Å². The Morgan fingerprint density at radius 3 is 2.69 bits per heavy atom. The molecule has 0 saturated carbocycles. The molecule has 0 aliphatic carbocycles. The van der Waals surface area contributed by atoms with E-state index in [4.69, 9.17) is 4.74 Å². The predicted molar refractivity (Wildman–Crippen MR) is 109 cm³/mol. The van der Waals surface area contributed by atoms with Crippen LogP contribution in [0, 0.1) is 0 Å². The standard InChI is InChI=1S/C20H28N4O4S/c1-23-18-5-4-16(29(26,27)24-10-2-3-11-24)14-17(18)22-19(23)6-7-20(25)21-15-8-12-28-13-9-15/h4-5,14-15H,2-3,6-13H2,1H3,(H,21,25). The molecule has 29 heavy (non-hydrogen) atoms. The summed E-state index contributed by atoms with van der Waals surface area (Å²) in [5, 5.41) is 3.06. The molecule has 158 valence electrons. The first kappa shape index (κ1) is 20.3. The number of nitrogens with one attached hydrogen (secondary N) is 1. The molecule has 2 aliphatic rings. The maximum absolute atomic E-state index is 12.8. The Kier molecular flexibility index (Phi) is 5.89. The number of benzene rings is 1.